The second-order valence-electron chi connectivity index (χ2n) is 7.77. The Morgan fingerprint density at radius 1 is 0.633 bits per heavy atom. The van der Waals surface area contributed by atoms with Crippen molar-refractivity contribution in [2.75, 3.05) is 13.2 Å². The van der Waals surface area contributed by atoms with Gasteiger partial charge in [-0.3, -0.25) is 0 Å². The summed E-state index contributed by atoms with van der Waals surface area (Å²) in [6.07, 6.45) is 12.5. The second-order valence-corrected chi connectivity index (χ2v) is 12.6. The van der Waals surface area contributed by atoms with Gasteiger partial charge in [0.1, 0.15) is 11.5 Å². The van der Waals surface area contributed by atoms with Gasteiger partial charge in [-0.05, 0) is 56.8 Å². The molecule has 0 spiro atoms. The van der Waals surface area contributed by atoms with E-state index >= 15 is 0 Å². The molecule has 30 heavy (non-hydrogen) atoms. The molecule has 0 aliphatic carbocycles. The summed E-state index contributed by atoms with van der Waals surface area (Å²) in [6, 6.07) is 4.38. The molecule has 3 rings (SSSR count). The summed E-state index contributed by atoms with van der Waals surface area (Å²) in [6.45, 7) is 6.05. The first-order valence-corrected chi connectivity index (χ1v) is 14.5. The first-order valence-electron chi connectivity index (χ1n) is 11.2. The molecule has 0 saturated carbocycles. The molecule has 6 heteroatoms. The molecule has 0 saturated heterocycles. The molecule has 0 aliphatic heterocycles. The third-order valence-electron chi connectivity index (χ3n) is 5.29. The lowest BCUT2D eigenvalue weighted by molar-refractivity contribution is 0.307. The number of rotatable bonds is 14. The Morgan fingerprint density at radius 2 is 1.03 bits per heavy atom. The molecule has 1 aromatic carbocycles. The highest BCUT2D eigenvalue weighted by Gasteiger charge is 2.21. The zero-order valence-electron chi connectivity index (χ0n) is 18.0. The van der Waals surface area contributed by atoms with Gasteiger partial charge in [0.25, 0.3) is 0 Å². The van der Waals surface area contributed by atoms with E-state index in [-0.39, 0.29) is 0 Å². The van der Waals surface area contributed by atoms with Crippen LogP contribution in [0.3, 0.4) is 0 Å². The van der Waals surface area contributed by atoms with E-state index in [9.17, 15) is 0 Å². The summed E-state index contributed by atoms with van der Waals surface area (Å²) in [5, 5.41) is 2.34. The fourth-order valence-electron chi connectivity index (χ4n) is 3.69. The normalized spacial score (nSPS) is 11.6. The number of halogens is 2. The van der Waals surface area contributed by atoms with Crippen LogP contribution in [0.15, 0.2) is 19.7 Å². The van der Waals surface area contributed by atoms with Crippen LogP contribution in [0.25, 0.3) is 20.2 Å². The Kier molecular flexibility index (Phi) is 10.3. The molecule has 0 N–H and O–H groups in total. The molecule has 0 unspecified atom stereocenters. The Bertz CT molecular complexity index is 804. The lowest BCUT2D eigenvalue weighted by atomic mass is 10.1. The van der Waals surface area contributed by atoms with E-state index in [1.54, 1.807) is 22.7 Å². The predicted molar refractivity (Wildman–Crippen MR) is 141 cm³/mol. The highest BCUT2D eigenvalue weighted by molar-refractivity contribution is 9.11. The number of unbranched alkanes of at least 4 members (excludes halogenated alkanes) is 8. The summed E-state index contributed by atoms with van der Waals surface area (Å²) in [5.74, 6) is 2.03. The molecular formula is C24H32Br2O2S2. The van der Waals surface area contributed by atoms with E-state index in [0.717, 1.165) is 45.1 Å². The molecule has 0 amide bonds. The van der Waals surface area contributed by atoms with Gasteiger partial charge in [0.05, 0.1) is 30.2 Å². The smallest absolute Gasteiger partial charge is 0.146 e. The van der Waals surface area contributed by atoms with Crippen molar-refractivity contribution in [2.24, 2.45) is 0 Å². The topological polar surface area (TPSA) is 18.5 Å². The van der Waals surface area contributed by atoms with Crippen LogP contribution >= 0.6 is 54.5 Å². The van der Waals surface area contributed by atoms with Crippen LogP contribution in [0.2, 0.25) is 0 Å². The maximum Gasteiger partial charge on any atom is 0.146 e. The minimum atomic E-state index is 0.772. The summed E-state index contributed by atoms with van der Waals surface area (Å²) in [4.78, 5) is 0. The van der Waals surface area contributed by atoms with Gasteiger partial charge in [-0.15, -0.1) is 22.7 Å². The van der Waals surface area contributed by atoms with Crippen LogP contribution in [-0.4, -0.2) is 13.2 Å². The Balaban J connectivity index is 1.81. The fraction of sp³-hybridized carbons (Fsp3) is 0.583. The minimum absolute atomic E-state index is 0.772. The summed E-state index contributed by atoms with van der Waals surface area (Å²) in [7, 11) is 0. The van der Waals surface area contributed by atoms with Crippen molar-refractivity contribution in [1.29, 1.82) is 0 Å². The van der Waals surface area contributed by atoms with Crippen LogP contribution in [0.4, 0.5) is 0 Å². The first kappa shape index (κ1) is 24.3. The minimum Gasteiger partial charge on any atom is -0.491 e. The first-order chi connectivity index (χ1) is 14.7. The maximum absolute atomic E-state index is 6.38. The van der Waals surface area contributed by atoms with E-state index in [4.69, 9.17) is 9.47 Å². The zero-order chi connectivity index (χ0) is 21.3. The maximum atomic E-state index is 6.38. The number of hydrogen-bond donors (Lipinski definition) is 0. The van der Waals surface area contributed by atoms with Crippen LogP contribution < -0.4 is 9.47 Å². The quantitative estimate of drug-likeness (QED) is 0.178. The Hall–Kier alpha value is -0.300. The standard InChI is InChI=1S/C24H32Br2O2S2/c1-3-5-7-9-11-13-27-21-17-15-19(25)30-24(17)22(18-16-20(26)29-23(18)21)28-14-12-10-8-6-4-2/h15-16H,3-14H2,1-2H3. The number of hydrogen-bond acceptors (Lipinski definition) is 4. The highest BCUT2D eigenvalue weighted by atomic mass is 79.9. The molecular weight excluding hydrogens is 544 g/mol. The molecule has 0 atom stereocenters. The van der Waals surface area contributed by atoms with Crippen LogP contribution in [0, 0.1) is 0 Å². The van der Waals surface area contributed by atoms with Gasteiger partial charge in [-0.25, -0.2) is 0 Å². The van der Waals surface area contributed by atoms with Crippen LogP contribution in [0.1, 0.15) is 78.1 Å². The lowest BCUT2D eigenvalue weighted by Crippen LogP contribution is -2.00. The number of fused-ring (bicyclic) bond motifs is 2. The third-order valence-corrected chi connectivity index (χ3v) is 8.57. The number of benzene rings is 1. The monoisotopic (exact) mass is 574 g/mol. The number of ether oxygens (including phenoxy) is 2. The Morgan fingerprint density at radius 3 is 1.43 bits per heavy atom. The van der Waals surface area contributed by atoms with E-state index in [2.05, 4.69) is 57.8 Å². The van der Waals surface area contributed by atoms with Crippen LogP contribution in [0.5, 0.6) is 11.5 Å². The van der Waals surface area contributed by atoms with Gasteiger partial charge < -0.3 is 9.47 Å². The molecule has 2 aromatic heterocycles. The molecule has 166 valence electrons. The summed E-state index contributed by atoms with van der Waals surface area (Å²) < 4.78 is 17.4. The Labute approximate surface area is 205 Å². The third kappa shape index (κ3) is 6.36. The van der Waals surface area contributed by atoms with Crippen molar-refractivity contribution in [3.8, 4) is 11.5 Å². The average Bonchev–Trinajstić information content (AvgIpc) is 3.30. The van der Waals surface area contributed by atoms with Gasteiger partial charge in [-0.2, -0.15) is 0 Å². The molecule has 0 aliphatic rings. The zero-order valence-corrected chi connectivity index (χ0v) is 22.8. The van der Waals surface area contributed by atoms with E-state index in [0.29, 0.717) is 0 Å². The molecule has 0 radical (unpaired) electrons. The van der Waals surface area contributed by atoms with Crippen molar-refractivity contribution in [3.63, 3.8) is 0 Å². The van der Waals surface area contributed by atoms with Gasteiger partial charge in [-0.1, -0.05) is 65.2 Å². The molecule has 0 bridgehead atoms. The summed E-state index contributed by atoms with van der Waals surface area (Å²) >= 11 is 10.9. The van der Waals surface area contributed by atoms with E-state index < -0.39 is 0 Å². The van der Waals surface area contributed by atoms with Crippen molar-refractivity contribution < 1.29 is 9.47 Å². The summed E-state index contributed by atoms with van der Waals surface area (Å²) in [5.41, 5.74) is 0. The predicted octanol–water partition coefficient (Wildman–Crippen LogP) is 10.3. The molecule has 3 aromatic rings. The van der Waals surface area contributed by atoms with Gasteiger partial charge in [0.2, 0.25) is 0 Å². The lowest BCUT2D eigenvalue weighted by Gasteiger charge is -2.13. The van der Waals surface area contributed by atoms with Crippen molar-refractivity contribution in [1.82, 2.24) is 0 Å². The largest absolute Gasteiger partial charge is 0.491 e. The van der Waals surface area contributed by atoms with Crippen LogP contribution in [-0.2, 0) is 0 Å². The van der Waals surface area contributed by atoms with Gasteiger partial charge >= 0.3 is 0 Å². The average molecular weight is 576 g/mol. The number of thiophene rings is 2. The van der Waals surface area contributed by atoms with Gasteiger partial charge in [0, 0.05) is 10.8 Å². The van der Waals surface area contributed by atoms with Gasteiger partial charge in [0.15, 0.2) is 0 Å². The second kappa shape index (κ2) is 12.7. The SMILES string of the molecule is CCCCCCCOc1c2cc(Br)sc2c(OCCCCCCC)c2cc(Br)sc12. The van der Waals surface area contributed by atoms with E-state index in [1.807, 2.05) is 0 Å². The van der Waals surface area contributed by atoms with Crippen molar-refractivity contribution in [3.05, 3.63) is 19.7 Å². The molecule has 2 nitrogen and oxygen atoms in total. The molecule has 2 heterocycles. The highest BCUT2D eigenvalue weighted by Crippen LogP contribution is 2.51. The van der Waals surface area contributed by atoms with Crippen molar-refractivity contribution >= 4 is 74.7 Å². The molecule has 0 fully saturated rings. The van der Waals surface area contributed by atoms with Crippen molar-refractivity contribution in [2.45, 2.75) is 78.1 Å². The fourth-order valence-corrected chi connectivity index (χ4v) is 6.91. The van der Waals surface area contributed by atoms with E-state index in [1.165, 1.54) is 71.5 Å².